The summed E-state index contributed by atoms with van der Waals surface area (Å²) < 4.78 is 13.4. The Bertz CT molecular complexity index is 406. The molecule has 2 N–H and O–H groups in total. The van der Waals surface area contributed by atoms with Gasteiger partial charge in [-0.25, -0.2) is 4.39 Å². The molecule has 3 nitrogen and oxygen atoms in total. The molecule has 1 amide bonds. The maximum Gasteiger partial charge on any atom is 0.254 e. The fraction of sp³-hybridized carbons (Fsp3) is 0.462. The molecule has 17 heavy (non-hydrogen) atoms. The van der Waals surface area contributed by atoms with Gasteiger partial charge in [0.15, 0.2) is 0 Å². The van der Waals surface area contributed by atoms with Gasteiger partial charge in [0.2, 0.25) is 0 Å². The van der Waals surface area contributed by atoms with E-state index in [1.54, 1.807) is 19.9 Å². The minimum absolute atomic E-state index is 0.0161. The molecular weight excluding hydrogens is 221 g/mol. The number of hydrogen-bond donors (Lipinski definition) is 2. The number of nitrogens with one attached hydrogen (secondary N) is 1. The summed E-state index contributed by atoms with van der Waals surface area (Å²) in [5.74, 6) is -1.04. The molecule has 0 spiro atoms. The number of rotatable bonds is 4. The summed E-state index contributed by atoms with van der Waals surface area (Å²) >= 11 is 0. The van der Waals surface area contributed by atoms with Crippen LogP contribution >= 0.6 is 0 Å². The van der Waals surface area contributed by atoms with E-state index in [4.69, 9.17) is 5.11 Å². The topological polar surface area (TPSA) is 49.3 Å². The molecule has 0 aromatic heterocycles. The van der Waals surface area contributed by atoms with E-state index in [0.717, 1.165) is 5.56 Å². The van der Waals surface area contributed by atoms with Crippen molar-refractivity contribution in [2.24, 2.45) is 5.92 Å². The Labute approximate surface area is 101 Å². The Morgan fingerprint density at radius 1 is 1.47 bits per heavy atom. The number of halogens is 1. The molecule has 4 heteroatoms. The summed E-state index contributed by atoms with van der Waals surface area (Å²) in [7, 11) is 0. The molecule has 0 aliphatic carbocycles. The van der Waals surface area contributed by atoms with Gasteiger partial charge in [-0.2, -0.15) is 0 Å². The van der Waals surface area contributed by atoms with Crippen molar-refractivity contribution in [2.75, 3.05) is 6.61 Å². The summed E-state index contributed by atoms with van der Waals surface area (Å²) in [6.45, 7) is 5.39. The third kappa shape index (κ3) is 3.53. The Balaban J connectivity index is 2.79. The van der Waals surface area contributed by atoms with Crippen molar-refractivity contribution in [1.82, 2.24) is 5.32 Å². The number of benzene rings is 1. The lowest BCUT2D eigenvalue weighted by Gasteiger charge is -2.19. The smallest absolute Gasteiger partial charge is 0.254 e. The highest BCUT2D eigenvalue weighted by Gasteiger charge is 2.17. The summed E-state index contributed by atoms with van der Waals surface area (Å²) in [5, 5.41) is 11.6. The molecule has 0 aliphatic rings. The van der Waals surface area contributed by atoms with Gasteiger partial charge >= 0.3 is 0 Å². The third-order valence-corrected chi connectivity index (χ3v) is 2.87. The first-order valence-corrected chi connectivity index (χ1v) is 5.63. The molecule has 1 rings (SSSR count). The minimum Gasteiger partial charge on any atom is -0.396 e. The average Bonchev–Trinajstić information content (AvgIpc) is 2.30. The van der Waals surface area contributed by atoms with Crippen LogP contribution in [0.3, 0.4) is 0 Å². The molecule has 0 saturated carbocycles. The van der Waals surface area contributed by atoms with Gasteiger partial charge in [0, 0.05) is 12.6 Å². The standard InChI is InChI=1S/C13H18FNO2/c1-8-4-5-12(14)11(6-8)13(17)15-10(3)9(2)7-16/h4-6,9-10,16H,7H2,1-3H3,(H,15,17). The van der Waals surface area contributed by atoms with Gasteiger partial charge in [-0.05, 0) is 31.9 Å². The number of hydrogen-bond acceptors (Lipinski definition) is 2. The van der Waals surface area contributed by atoms with Gasteiger partial charge in [-0.1, -0.05) is 18.6 Å². The van der Waals surface area contributed by atoms with Crippen molar-refractivity contribution in [3.63, 3.8) is 0 Å². The molecule has 0 bridgehead atoms. The zero-order valence-electron chi connectivity index (χ0n) is 10.3. The largest absolute Gasteiger partial charge is 0.396 e. The Hall–Kier alpha value is -1.42. The molecule has 0 fully saturated rings. The number of aryl methyl sites for hydroxylation is 1. The quantitative estimate of drug-likeness (QED) is 0.842. The van der Waals surface area contributed by atoms with Crippen molar-refractivity contribution >= 4 is 5.91 Å². The Kier molecular flexibility index (Phi) is 4.63. The van der Waals surface area contributed by atoms with Gasteiger partial charge in [-0.15, -0.1) is 0 Å². The number of aliphatic hydroxyl groups excluding tert-OH is 1. The molecule has 94 valence electrons. The number of carbonyl (C=O) groups excluding carboxylic acids is 1. The summed E-state index contributed by atoms with van der Waals surface area (Å²) in [6, 6.07) is 4.21. The summed E-state index contributed by atoms with van der Waals surface area (Å²) in [4.78, 5) is 11.8. The highest BCUT2D eigenvalue weighted by atomic mass is 19.1. The molecule has 0 heterocycles. The van der Waals surface area contributed by atoms with Crippen LogP contribution in [0.2, 0.25) is 0 Å². The summed E-state index contributed by atoms with van der Waals surface area (Å²) in [5.41, 5.74) is 0.876. The lowest BCUT2D eigenvalue weighted by atomic mass is 10.0. The third-order valence-electron chi connectivity index (χ3n) is 2.87. The van der Waals surface area contributed by atoms with Crippen LogP contribution in [0.15, 0.2) is 18.2 Å². The second-order valence-corrected chi connectivity index (χ2v) is 4.41. The van der Waals surface area contributed by atoms with E-state index in [-0.39, 0.29) is 24.1 Å². The van der Waals surface area contributed by atoms with Crippen molar-refractivity contribution in [2.45, 2.75) is 26.8 Å². The van der Waals surface area contributed by atoms with Crippen LogP contribution in [-0.2, 0) is 0 Å². The predicted octanol–water partition coefficient (Wildman–Crippen LogP) is 1.88. The first-order valence-electron chi connectivity index (χ1n) is 5.63. The fourth-order valence-electron chi connectivity index (χ4n) is 1.40. The maximum atomic E-state index is 13.4. The van der Waals surface area contributed by atoms with E-state index >= 15 is 0 Å². The van der Waals surface area contributed by atoms with Crippen LogP contribution in [-0.4, -0.2) is 23.7 Å². The second kappa shape index (κ2) is 5.77. The first-order chi connectivity index (χ1) is 7.95. The predicted molar refractivity (Wildman–Crippen MR) is 64.3 cm³/mol. The van der Waals surface area contributed by atoms with Crippen LogP contribution in [0.4, 0.5) is 4.39 Å². The van der Waals surface area contributed by atoms with Crippen molar-refractivity contribution in [1.29, 1.82) is 0 Å². The van der Waals surface area contributed by atoms with Crippen molar-refractivity contribution < 1.29 is 14.3 Å². The van der Waals surface area contributed by atoms with E-state index in [9.17, 15) is 9.18 Å². The van der Waals surface area contributed by atoms with E-state index in [0.29, 0.717) is 0 Å². The number of aliphatic hydroxyl groups is 1. The Morgan fingerprint density at radius 3 is 2.71 bits per heavy atom. The second-order valence-electron chi connectivity index (χ2n) is 4.41. The maximum absolute atomic E-state index is 13.4. The molecule has 0 saturated heterocycles. The monoisotopic (exact) mass is 239 g/mol. The van der Waals surface area contributed by atoms with E-state index in [1.807, 2.05) is 6.92 Å². The van der Waals surface area contributed by atoms with Gasteiger partial charge in [-0.3, -0.25) is 4.79 Å². The number of amides is 1. The van der Waals surface area contributed by atoms with Gasteiger partial charge in [0.05, 0.1) is 5.56 Å². The van der Waals surface area contributed by atoms with Crippen LogP contribution in [0.25, 0.3) is 0 Å². The highest BCUT2D eigenvalue weighted by Crippen LogP contribution is 2.11. The van der Waals surface area contributed by atoms with Gasteiger partial charge in [0.1, 0.15) is 5.82 Å². The molecule has 0 radical (unpaired) electrons. The van der Waals surface area contributed by atoms with E-state index < -0.39 is 11.7 Å². The van der Waals surface area contributed by atoms with Crippen molar-refractivity contribution in [3.8, 4) is 0 Å². The first kappa shape index (κ1) is 13.6. The highest BCUT2D eigenvalue weighted by molar-refractivity contribution is 5.94. The minimum atomic E-state index is -0.531. The molecule has 2 atom stereocenters. The van der Waals surface area contributed by atoms with Crippen molar-refractivity contribution in [3.05, 3.63) is 35.1 Å². The van der Waals surface area contributed by atoms with E-state index in [2.05, 4.69) is 5.32 Å². The SMILES string of the molecule is Cc1ccc(F)c(C(=O)NC(C)C(C)CO)c1. The molecule has 2 unspecified atom stereocenters. The van der Waals surface area contributed by atoms with Gasteiger partial charge in [0.25, 0.3) is 5.91 Å². The Morgan fingerprint density at radius 2 is 2.12 bits per heavy atom. The molecular formula is C13H18FNO2. The molecule has 1 aromatic carbocycles. The zero-order chi connectivity index (χ0) is 13.0. The van der Waals surface area contributed by atoms with Crippen LogP contribution in [0.1, 0.15) is 29.8 Å². The summed E-state index contributed by atoms with van der Waals surface area (Å²) in [6.07, 6.45) is 0. The van der Waals surface area contributed by atoms with Crippen LogP contribution in [0, 0.1) is 18.7 Å². The zero-order valence-corrected chi connectivity index (χ0v) is 10.3. The molecule has 0 aliphatic heterocycles. The lowest BCUT2D eigenvalue weighted by Crippen LogP contribution is -2.38. The normalized spacial score (nSPS) is 14.2. The fourth-order valence-corrected chi connectivity index (χ4v) is 1.40. The van der Waals surface area contributed by atoms with E-state index in [1.165, 1.54) is 12.1 Å². The lowest BCUT2D eigenvalue weighted by molar-refractivity contribution is 0.0912. The van der Waals surface area contributed by atoms with Crippen LogP contribution in [0.5, 0.6) is 0 Å². The molecule has 1 aromatic rings. The number of carbonyl (C=O) groups is 1. The average molecular weight is 239 g/mol. The van der Waals surface area contributed by atoms with Gasteiger partial charge < -0.3 is 10.4 Å². The van der Waals surface area contributed by atoms with Crippen LogP contribution < -0.4 is 5.32 Å².